The zero-order chi connectivity index (χ0) is 12.6. The van der Waals surface area contributed by atoms with Gasteiger partial charge in [-0.25, -0.2) is 0 Å². The van der Waals surface area contributed by atoms with Crippen LogP contribution in [0.3, 0.4) is 0 Å². The van der Waals surface area contributed by atoms with E-state index in [0.29, 0.717) is 0 Å². The molecule has 0 spiro atoms. The van der Waals surface area contributed by atoms with Gasteiger partial charge in [-0.1, -0.05) is 0 Å². The lowest BCUT2D eigenvalue weighted by molar-refractivity contribution is 0.190. The van der Waals surface area contributed by atoms with Gasteiger partial charge in [0, 0.05) is 0 Å². The van der Waals surface area contributed by atoms with Gasteiger partial charge in [-0.15, -0.1) is 0 Å². The third kappa shape index (κ3) is 2.00. The Morgan fingerprint density at radius 1 is 0.625 bits per heavy atom. The van der Waals surface area contributed by atoms with Crippen molar-refractivity contribution in [3.63, 3.8) is 0 Å². The van der Waals surface area contributed by atoms with E-state index in [0.717, 1.165) is 33.4 Å². The molecule has 0 radical (unpaired) electrons. The van der Waals surface area contributed by atoms with Crippen LogP contribution in [0.15, 0.2) is 0 Å². The predicted octanol–water partition coefficient (Wildman–Crippen LogP) is 3.03. The Morgan fingerprint density at radius 3 is 1.19 bits per heavy atom. The van der Waals surface area contributed by atoms with Gasteiger partial charge in [0.1, 0.15) is 0 Å². The highest BCUT2D eigenvalue weighted by atomic mass is 16.3. The normalized spacial score (nSPS) is 15.0. The van der Waals surface area contributed by atoms with E-state index >= 15 is 0 Å². The third-order valence-corrected chi connectivity index (χ3v) is 3.58. The first kappa shape index (κ1) is 13.2. The first-order valence-corrected chi connectivity index (χ1v) is 5.75. The van der Waals surface area contributed by atoms with Gasteiger partial charge in [0.25, 0.3) is 0 Å². The molecule has 0 fully saturated rings. The van der Waals surface area contributed by atoms with Crippen molar-refractivity contribution in [2.45, 2.75) is 53.8 Å². The second-order valence-electron chi connectivity index (χ2n) is 4.68. The van der Waals surface area contributed by atoms with Crippen molar-refractivity contribution < 1.29 is 10.2 Å². The van der Waals surface area contributed by atoms with Crippen LogP contribution in [0, 0.1) is 27.7 Å². The van der Waals surface area contributed by atoms with Crippen molar-refractivity contribution in [3.05, 3.63) is 33.4 Å². The quantitative estimate of drug-likeness (QED) is 0.807. The van der Waals surface area contributed by atoms with Crippen molar-refractivity contribution in [2.75, 3.05) is 0 Å². The van der Waals surface area contributed by atoms with Crippen LogP contribution in [-0.4, -0.2) is 10.2 Å². The fraction of sp³-hybridized carbons (Fsp3) is 0.571. The molecule has 1 aromatic carbocycles. The average Bonchev–Trinajstić information content (AvgIpc) is 2.13. The molecule has 0 unspecified atom stereocenters. The van der Waals surface area contributed by atoms with Crippen molar-refractivity contribution in [2.24, 2.45) is 0 Å². The second kappa shape index (κ2) is 4.56. The molecule has 16 heavy (non-hydrogen) atoms. The van der Waals surface area contributed by atoms with Gasteiger partial charge in [0.15, 0.2) is 0 Å². The first-order chi connectivity index (χ1) is 7.29. The van der Waals surface area contributed by atoms with Crippen LogP contribution in [0.25, 0.3) is 0 Å². The maximum atomic E-state index is 9.83. The van der Waals surface area contributed by atoms with Crippen molar-refractivity contribution >= 4 is 0 Å². The van der Waals surface area contributed by atoms with Crippen LogP contribution < -0.4 is 0 Å². The Balaban J connectivity index is 3.66. The second-order valence-corrected chi connectivity index (χ2v) is 4.68. The van der Waals surface area contributed by atoms with Gasteiger partial charge in [-0.2, -0.15) is 0 Å². The molecule has 0 saturated carbocycles. The van der Waals surface area contributed by atoms with Crippen LogP contribution in [-0.2, 0) is 0 Å². The van der Waals surface area contributed by atoms with Gasteiger partial charge in [-0.3, -0.25) is 0 Å². The van der Waals surface area contributed by atoms with E-state index in [2.05, 4.69) is 0 Å². The van der Waals surface area contributed by atoms with Crippen molar-refractivity contribution in [1.82, 2.24) is 0 Å². The SMILES string of the molecule is Cc1c(C)c([C@H](C)O)c(C)c([C@@H](C)O)c1C. The summed E-state index contributed by atoms with van der Waals surface area (Å²) in [6.07, 6.45) is -0.978. The van der Waals surface area contributed by atoms with Crippen molar-refractivity contribution in [1.29, 1.82) is 0 Å². The average molecular weight is 222 g/mol. The Hall–Kier alpha value is -0.860. The summed E-state index contributed by atoms with van der Waals surface area (Å²) in [6.45, 7) is 11.6. The topological polar surface area (TPSA) is 40.5 Å². The molecule has 0 aliphatic heterocycles. The zero-order valence-electron chi connectivity index (χ0n) is 11.0. The molecule has 0 aliphatic carbocycles. The standard InChI is InChI=1S/C14H22O2/c1-7-8(2)13(11(5)15)10(4)14(9(7)3)12(6)16/h11-12,15-16H,1-6H3/t11-,12+. The first-order valence-electron chi connectivity index (χ1n) is 5.75. The van der Waals surface area contributed by atoms with Crippen LogP contribution >= 0.6 is 0 Å². The van der Waals surface area contributed by atoms with Gasteiger partial charge in [0.05, 0.1) is 12.2 Å². The Kier molecular flexibility index (Phi) is 3.76. The maximum Gasteiger partial charge on any atom is 0.0767 e. The number of rotatable bonds is 2. The molecular weight excluding hydrogens is 200 g/mol. The minimum Gasteiger partial charge on any atom is -0.389 e. The molecule has 0 aliphatic rings. The van der Waals surface area contributed by atoms with E-state index in [1.807, 2.05) is 27.7 Å². The van der Waals surface area contributed by atoms with E-state index in [1.54, 1.807) is 13.8 Å². The largest absolute Gasteiger partial charge is 0.389 e. The summed E-state index contributed by atoms with van der Waals surface area (Å²) in [5.41, 5.74) is 6.37. The zero-order valence-corrected chi connectivity index (χ0v) is 11.0. The fourth-order valence-corrected chi connectivity index (χ4v) is 2.65. The highest BCUT2D eigenvalue weighted by Gasteiger charge is 2.19. The monoisotopic (exact) mass is 222 g/mol. The molecule has 90 valence electrons. The number of aliphatic hydroxyl groups is 2. The van der Waals surface area contributed by atoms with E-state index in [-0.39, 0.29) is 0 Å². The van der Waals surface area contributed by atoms with Gasteiger partial charge in [-0.05, 0) is 74.9 Å². The Bertz CT molecular complexity index is 369. The summed E-state index contributed by atoms with van der Waals surface area (Å²) in [5.74, 6) is 0. The summed E-state index contributed by atoms with van der Waals surface area (Å²) in [7, 11) is 0. The molecule has 1 aromatic rings. The lowest BCUT2D eigenvalue weighted by Crippen LogP contribution is -2.09. The molecule has 0 amide bonds. The van der Waals surface area contributed by atoms with Gasteiger partial charge in [0.2, 0.25) is 0 Å². The van der Waals surface area contributed by atoms with Crippen LogP contribution in [0.2, 0.25) is 0 Å². The predicted molar refractivity (Wildman–Crippen MR) is 66.7 cm³/mol. The van der Waals surface area contributed by atoms with Crippen LogP contribution in [0.5, 0.6) is 0 Å². The lowest BCUT2D eigenvalue weighted by atomic mass is 9.85. The number of hydrogen-bond donors (Lipinski definition) is 2. The number of benzene rings is 1. The minimum atomic E-state index is -0.489. The number of aliphatic hydroxyl groups excluding tert-OH is 2. The third-order valence-electron chi connectivity index (χ3n) is 3.58. The lowest BCUT2D eigenvalue weighted by Gasteiger charge is -2.23. The summed E-state index contributed by atoms with van der Waals surface area (Å²) in [6, 6.07) is 0. The van der Waals surface area contributed by atoms with Crippen molar-refractivity contribution in [3.8, 4) is 0 Å². The van der Waals surface area contributed by atoms with E-state index in [1.165, 1.54) is 0 Å². The molecule has 2 N–H and O–H groups in total. The van der Waals surface area contributed by atoms with Crippen LogP contribution in [0.4, 0.5) is 0 Å². The minimum absolute atomic E-state index is 0.489. The van der Waals surface area contributed by atoms with E-state index in [9.17, 15) is 10.2 Å². The van der Waals surface area contributed by atoms with E-state index < -0.39 is 12.2 Å². The van der Waals surface area contributed by atoms with E-state index in [4.69, 9.17) is 0 Å². The Labute approximate surface area is 97.9 Å². The number of hydrogen-bond acceptors (Lipinski definition) is 2. The molecule has 0 bridgehead atoms. The smallest absolute Gasteiger partial charge is 0.0767 e. The molecular formula is C14H22O2. The molecule has 2 nitrogen and oxygen atoms in total. The summed E-state index contributed by atoms with van der Waals surface area (Å²) < 4.78 is 0. The van der Waals surface area contributed by atoms with Gasteiger partial charge < -0.3 is 10.2 Å². The maximum absolute atomic E-state index is 9.83. The molecule has 0 saturated heterocycles. The summed E-state index contributed by atoms with van der Waals surface area (Å²) in [4.78, 5) is 0. The summed E-state index contributed by atoms with van der Waals surface area (Å²) in [5, 5.41) is 19.7. The van der Waals surface area contributed by atoms with Crippen LogP contribution in [0.1, 0.15) is 59.4 Å². The molecule has 0 heterocycles. The molecule has 0 aromatic heterocycles. The fourth-order valence-electron chi connectivity index (χ4n) is 2.65. The molecule has 1 rings (SSSR count). The molecule has 2 heteroatoms. The molecule has 2 atom stereocenters. The highest BCUT2D eigenvalue weighted by molar-refractivity contribution is 5.51. The summed E-state index contributed by atoms with van der Waals surface area (Å²) >= 11 is 0. The Morgan fingerprint density at radius 2 is 0.938 bits per heavy atom. The van der Waals surface area contributed by atoms with Gasteiger partial charge >= 0.3 is 0 Å². The highest BCUT2D eigenvalue weighted by Crippen LogP contribution is 2.33.